The molecule has 7 atom stereocenters. The van der Waals surface area contributed by atoms with E-state index in [9.17, 15) is 19.5 Å². The summed E-state index contributed by atoms with van der Waals surface area (Å²) < 4.78 is 4.60. The lowest BCUT2D eigenvalue weighted by molar-refractivity contribution is -0.146. The predicted molar refractivity (Wildman–Crippen MR) is 163 cm³/mol. The molecule has 5 aliphatic rings. The summed E-state index contributed by atoms with van der Waals surface area (Å²) >= 11 is 1.59. The van der Waals surface area contributed by atoms with Crippen molar-refractivity contribution in [2.45, 2.75) is 42.3 Å². The molecule has 42 heavy (non-hydrogen) atoms. The number of morpholine rings is 1. The highest BCUT2D eigenvalue weighted by atomic mass is 32.2. The number of aliphatic hydroxyl groups excluding tert-OH is 1. The van der Waals surface area contributed by atoms with Gasteiger partial charge in [0.05, 0.1) is 42.4 Å². The van der Waals surface area contributed by atoms with Crippen LogP contribution in [0.1, 0.15) is 20.3 Å². The van der Waals surface area contributed by atoms with E-state index in [1.807, 2.05) is 61.2 Å². The second-order valence-electron chi connectivity index (χ2n) is 12.1. The second kappa shape index (κ2) is 12.1. The third-order valence-corrected chi connectivity index (χ3v) is 11.6. The summed E-state index contributed by atoms with van der Waals surface area (Å²) in [5.41, 5.74) is 0.798. The minimum Gasteiger partial charge on any atom is -0.394 e. The van der Waals surface area contributed by atoms with E-state index >= 15 is 0 Å². The monoisotopic (exact) mass is 594 g/mol. The number of carbonyl (C=O) groups is 3. The summed E-state index contributed by atoms with van der Waals surface area (Å²) in [6.07, 6.45) is 8.93. The zero-order valence-electron chi connectivity index (χ0n) is 24.5. The van der Waals surface area contributed by atoms with Gasteiger partial charge >= 0.3 is 0 Å². The summed E-state index contributed by atoms with van der Waals surface area (Å²) in [6, 6.07) is 8.29. The molecule has 9 nitrogen and oxygen atoms in total. The number of likely N-dealkylation sites (tertiary alicyclic amines) is 1. The molecule has 3 amide bonds. The maximum Gasteiger partial charge on any atom is 0.247 e. The lowest BCUT2D eigenvalue weighted by Crippen LogP contribution is -2.58. The van der Waals surface area contributed by atoms with Crippen molar-refractivity contribution < 1.29 is 24.2 Å². The fourth-order valence-electron chi connectivity index (χ4n) is 7.42. The van der Waals surface area contributed by atoms with E-state index in [1.165, 1.54) is 0 Å². The molecule has 1 aromatic carbocycles. The Labute approximate surface area is 252 Å². The first-order valence-corrected chi connectivity index (χ1v) is 16.2. The van der Waals surface area contributed by atoms with E-state index in [1.54, 1.807) is 21.6 Å². The number of benzene rings is 1. The van der Waals surface area contributed by atoms with Crippen LogP contribution in [0.2, 0.25) is 0 Å². The second-order valence-corrected chi connectivity index (χ2v) is 13.6. The molecule has 10 heteroatoms. The predicted octanol–water partition coefficient (Wildman–Crippen LogP) is 2.02. The summed E-state index contributed by atoms with van der Waals surface area (Å²) in [6.45, 7) is 9.07. The van der Waals surface area contributed by atoms with E-state index in [0.717, 1.165) is 31.7 Å². The van der Waals surface area contributed by atoms with Crippen LogP contribution in [0.15, 0.2) is 54.6 Å². The van der Waals surface area contributed by atoms with E-state index in [0.29, 0.717) is 32.8 Å². The highest BCUT2D eigenvalue weighted by molar-refractivity contribution is 8.02. The fraction of sp³-hybridized carbons (Fsp3) is 0.594. The van der Waals surface area contributed by atoms with Gasteiger partial charge in [0.1, 0.15) is 6.04 Å². The number of carbonyl (C=O) groups excluding carboxylic acids is 3. The van der Waals surface area contributed by atoms with Gasteiger partial charge in [0.2, 0.25) is 17.7 Å². The molecule has 3 saturated heterocycles. The van der Waals surface area contributed by atoms with Crippen LogP contribution in [0, 0.1) is 17.8 Å². The van der Waals surface area contributed by atoms with Gasteiger partial charge in [-0.2, -0.15) is 0 Å². The molecule has 6 rings (SSSR count). The smallest absolute Gasteiger partial charge is 0.247 e. The molecular formula is C32H42N4O5S. The number of nitrogens with zero attached hydrogens (tertiary/aromatic N) is 4. The van der Waals surface area contributed by atoms with Gasteiger partial charge in [-0.15, -0.1) is 11.8 Å². The number of thioether (sulfide) groups is 1. The van der Waals surface area contributed by atoms with Gasteiger partial charge in [0.15, 0.2) is 0 Å². The summed E-state index contributed by atoms with van der Waals surface area (Å²) in [5, 5.41) is 10.4. The van der Waals surface area contributed by atoms with Crippen molar-refractivity contribution in [3.63, 3.8) is 0 Å². The Morgan fingerprint density at radius 1 is 1.02 bits per heavy atom. The number of ether oxygens (including phenoxy) is 1. The molecule has 5 aliphatic heterocycles. The maximum absolute atomic E-state index is 14.7. The topological polar surface area (TPSA) is 93.6 Å². The Kier molecular flexibility index (Phi) is 8.51. The first-order valence-electron chi connectivity index (χ1n) is 15.3. The van der Waals surface area contributed by atoms with Crippen LogP contribution in [0.4, 0.5) is 5.69 Å². The van der Waals surface area contributed by atoms with Crippen LogP contribution in [0.3, 0.4) is 0 Å². The van der Waals surface area contributed by atoms with Crippen LogP contribution in [-0.2, 0) is 19.1 Å². The molecule has 1 spiro atoms. The highest BCUT2D eigenvalue weighted by Gasteiger charge is 2.72. The normalized spacial score (nSPS) is 32.8. The highest BCUT2D eigenvalue weighted by Crippen LogP contribution is 2.61. The molecule has 0 saturated carbocycles. The van der Waals surface area contributed by atoms with E-state index in [-0.39, 0.29) is 35.5 Å². The van der Waals surface area contributed by atoms with Crippen LogP contribution in [-0.4, -0.2) is 119 Å². The van der Waals surface area contributed by atoms with Gasteiger partial charge in [0, 0.05) is 50.2 Å². The first-order chi connectivity index (χ1) is 20.4. The van der Waals surface area contributed by atoms with Gasteiger partial charge < -0.3 is 24.5 Å². The standard InChI is InChI=1S/C32H42N4O5S/c1-3-22(2)24(21-37)36-28-31(40)34(16-15-33-17-19-41-20-18-33)13-8-12-32(28)27(30(36)39)26-25(42-32)11-7-14-35(29(26)38)23-9-5-4-6-10-23/h4-12,22,24-28,37H,3,13-21H2,1-2H3/t22-,24-,25-,26+,27-,28?,32-/m0/s1. The maximum atomic E-state index is 14.7. The molecule has 0 radical (unpaired) electrons. The molecule has 1 N–H and O–H groups in total. The SMILES string of the molecule is CC[C@H](C)[C@H](CO)N1C(=O)[C@@H]2[C@@H]3C(=O)N(c4ccccc4)CC=C[C@@H]3S[C@@]23C=CCN(CCN2CCOCC2)C(=O)C13. The van der Waals surface area contributed by atoms with Gasteiger partial charge in [0.25, 0.3) is 0 Å². The van der Waals surface area contributed by atoms with Crippen molar-refractivity contribution >= 4 is 35.2 Å². The van der Waals surface area contributed by atoms with E-state index in [4.69, 9.17) is 4.74 Å². The third kappa shape index (κ3) is 4.90. The molecule has 1 unspecified atom stereocenters. The Balaban J connectivity index is 1.38. The Hall–Kier alpha value is -2.66. The number of amides is 3. The van der Waals surface area contributed by atoms with Crippen molar-refractivity contribution in [3.8, 4) is 0 Å². The Morgan fingerprint density at radius 3 is 2.50 bits per heavy atom. The van der Waals surface area contributed by atoms with Crippen molar-refractivity contribution in [2.24, 2.45) is 17.8 Å². The fourth-order valence-corrected chi connectivity index (χ4v) is 9.42. The number of rotatable bonds is 8. The molecule has 0 bridgehead atoms. The number of hydrogen-bond acceptors (Lipinski definition) is 7. The number of fused-ring (bicyclic) bond motifs is 2. The van der Waals surface area contributed by atoms with E-state index < -0.39 is 28.7 Å². The van der Waals surface area contributed by atoms with Gasteiger partial charge in [-0.05, 0) is 18.1 Å². The number of hydrogen-bond donors (Lipinski definition) is 1. The first kappa shape index (κ1) is 29.4. The average molecular weight is 595 g/mol. The minimum absolute atomic E-state index is 0.0111. The summed E-state index contributed by atoms with van der Waals surface area (Å²) in [5.74, 6) is -1.69. The van der Waals surface area contributed by atoms with Crippen LogP contribution in [0.25, 0.3) is 0 Å². The number of aliphatic hydroxyl groups is 1. The lowest BCUT2D eigenvalue weighted by Gasteiger charge is -2.40. The van der Waals surface area contributed by atoms with Gasteiger partial charge in [-0.1, -0.05) is 62.8 Å². The van der Waals surface area contributed by atoms with Gasteiger partial charge in [-0.3, -0.25) is 19.3 Å². The number of para-hydroxylation sites is 1. The largest absolute Gasteiger partial charge is 0.394 e. The Bertz CT molecular complexity index is 1240. The van der Waals surface area contributed by atoms with Crippen molar-refractivity contribution in [3.05, 3.63) is 54.6 Å². The van der Waals surface area contributed by atoms with Crippen molar-refractivity contribution in [1.29, 1.82) is 0 Å². The van der Waals surface area contributed by atoms with Crippen LogP contribution in [0.5, 0.6) is 0 Å². The van der Waals surface area contributed by atoms with Crippen LogP contribution < -0.4 is 4.90 Å². The summed E-state index contributed by atoms with van der Waals surface area (Å²) in [4.78, 5) is 51.3. The van der Waals surface area contributed by atoms with Crippen LogP contribution >= 0.6 is 11.8 Å². The zero-order chi connectivity index (χ0) is 29.4. The molecule has 0 aliphatic carbocycles. The van der Waals surface area contributed by atoms with Gasteiger partial charge in [-0.25, -0.2) is 0 Å². The Morgan fingerprint density at radius 2 is 1.79 bits per heavy atom. The minimum atomic E-state index is -0.891. The molecule has 226 valence electrons. The van der Waals surface area contributed by atoms with Crippen molar-refractivity contribution in [1.82, 2.24) is 14.7 Å². The molecule has 5 heterocycles. The van der Waals surface area contributed by atoms with E-state index in [2.05, 4.69) is 17.1 Å². The average Bonchev–Trinajstić information content (AvgIpc) is 3.33. The third-order valence-electron chi connectivity index (χ3n) is 9.88. The molecule has 0 aromatic heterocycles. The molecule has 1 aromatic rings. The summed E-state index contributed by atoms with van der Waals surface area (Å²) in [7, 11) is 0. The molecular weight excluding hydrogens is 552 g/mol. The molecule has 3 fully saturated rings. The zero-order valence-corrected chi connectivity index (χ0v) is 25.3. The quantitative estimate of drug-likeness (QED) is 0.461. The number of anilines is 1. The van der Waals surface area contributed by atoms with Crippen molar-refractivity contribution in [2.75, 3.05) is 64.0 Å². The lowest BCUT2D eigenvalue weighted by atomic mass is 9.78.